The van der Waals surface area contributed by atoms with E-state index in [9.17, 15) is 19.5 Å². The van der Waals surface area contributed by atoms with Crippen LogP contribution in [0.4, 0.5) is 0 Å². The van der Waals surface area contributed by atoms with Crippen molar-refractivity contribution in [3.05, 3.63) is 79.7 Å². The second-order valence-electron chi connectivity index (χ2n) is 7.35. The zero-order chi connectivity index (χ0) is 23.3. The van der Waals surface area contributed by atoms with Crippen LogP contribution in [0.2, 0.25) is 0 Å². The maximum absolute atomic E-state index is 12.9. The molecule has 0 saturated carbocycles. The third kappa shape index (κ3) is 3.36. The van der Waals surface area contributed by atoms with Gasteiger partial charge >= 0.3 is 5.97 Å². The molecule has 0 aliphatic rings. The predicted octanol–water partition coefficient (Wildman–Crippen LogP) is 3.43. The Kier molecular flexibility index (Phi) is 5.14. The predicted molar refractivity (Wildman–Crippen MR) is 129 cm³/mol. The number of hydrogen-bond acceptors (Lipinski definition) is 7. The molecule has 1 aromatic carbocycles. The number of rotatable bonds is 6. The molecule has 5 rings (SSSR count). The molecule has 0 amide bonds. The van der Waals surface area contributed by atoms with Crippen molar-refractivity contribution >= 4 is 56.0 Å². The van der Waals surface area contributed by atoms with Crippen molar-refractivity contribution in [3.63, 3.8) is 0 Å². The summed E-state index contributed by atoms with van der Waals surface area (Å²) in [5, 5.41) is 19.8. The Morgan fingerprint density at radius 2 is 2.09 bits per heavy atom. The second kappa shape index (κ2) is 8.01. The molecule has 4 heterocycles. The number of hydrogen-bond donors (Lipinski definition) is 2. The van der Waals surface area contributed by atoms with Crippen molar-refractivity contribution in [2.45, 2.75) is 24.4 Å². The van der Waals surface area contributed by atoms with Gasteiger partial charge in [-0.3, -0.25) is 18.6 Å². The van der Waals surface area contributed by atoms with E-state index in [4.69, 9.17) is 0 Å². The molecule has 0 fully saturated rings. The van der Waals surface area contributed by atoms with E-state index >= 15 is 0 Å². The molecule has 0 spiro atoms. The molecule has 166 valence electrons. The lowest BCUT2D eigenvalue weighted by molar-refractivity contribution is 0.0701. The van der Waals surface area contributed by atoms with E-state index in [0.29, 0.717) is 43.5 Å². The third-order valence-electron chi connectivity index (χ3n) is 5.35. The van der Waals surface area contributed by atoms with Crippen LogP contribution < -0.4 is 11.1 Å². The molecule has 0 aliphatic carbocycles. The van der Waals surface area contributed by atoms with Crippen LogP contribution in [0.25, 0.3) is 26.9 Å². The standard InChI is InChI=1S/C22H17N5O4S2/c1-3-8-26-19(29)13-6-4-5-7-14(13)27-21(26)24-25-22(27)32-10-12-9-15(28)23-18-16(12)11(2)17(33-18)20(30)31/h3-7,9H,1,8,10H2,2H3,(H,23,28)(H,30,31). The smallest absolute Gasteiger partial charge is 0.346 e. The zero-order valence-electron chi connectivity index (χ0n) is 17.4. The first kappa shape index (κ1) is 21.2. The van der Waals surface area contributed by atoms with Crippen LogP contribution in [-0.2, 0) is 12.3 Å². The Labute approximate surface area is 194 Å². The lowest BCUT2D eigenvalue weighted by Gasteiger charge is -2.10. The van der Waals surface area contributed by atoms with Crippen molar-refractivity contribution in [2.75, 3.05) is 0 Å². The quantitative estimate of drug-likeness (QED) is 0.283. The number of nitrogens with zero attached hydrogens (tertiary/aromatic N) is 4. The molecule has 5 aromatic rings. The highest BCUT2D eigenvalue weighted by Gasteiger charge is 2.20. The monoisotopic (exact) mass is 479 g/mol. The molecule has 4 aromatic heterocycles. The normalized spacial score (nSPS) is 11.5. The summed E-state index contributed by atoms with van der Waals surface area (Å²) in [4.78, 5) is 40.2. The van der Waals surface area contributed by atoms with Crippen molar-refractivity contribution in [1.29, 1.82) is 0 Å². The fourth-order valence-corrected chi connectivity index (χ4v) is 5.95. The van der Waals surface area contributed by atoms with Crippen LogP contribution in [0.1, 0.15) is 20.8 Å². The van der Waals surface area contributed by atoms with Crippen molar-refractivity contribution in [3.8, 4) is 0 Å². The van der Waals surface area contributed by atoms with Gasteiger partial charge in [-0.2, -0.15) is 0 Å². The molecule has 0 bridgehead atoms. The lowest BCUT2D eigenvalue weighted by atomic mass is 10.1. The molecule has 0 saturated heterocycles. The second-order valence-corrected chi connectivity index (χ2v) is 9.32. The van der Waals surface area contributed by atoms with Gasteiger partial charge in [-0.1, -0.05) is 30.0 Å². The van der Waals surface area contributed by atoms with E-state index in [1.165, 1.54) is 22.4 Å². The van der Waals surface area contributed by atoms with Gasteiger partial charge in [-0.25, -0.2) is 4.79 Å². The van der Waals surface area contributed by atoms with Crippen molar-refractivity contribution < 1.29 is 9.90 Å². The van der Waals surface area contributed by atoms with Crippen LogP contribution in [0, 0.1) is 6.92 Å². The number of aryl methyl sites for hydroxylation is 1. The van der Waals surface area contributed by atoms with Crippen LogP contribution in [0.3, 0.4) is 0 Å². The Balaban J connectivity index is 1.65. The lowest BCUT2D eigenvalue weighted by Crippen LogP contribution is -2.22. The summed E-state index contributed by atoms with van der Waals surface area (Å²) >= 11 is 2.41. The molecular weight excluding hydrogens is 462 g/mol. The summed E-state index contributed by atoms with van der Waals surface area (Å²) in [5.74, 6) is -0.257. The fraction of sp³-hybridized carbons (Fsp3) is 0.136. The highest BCUT2D eigenvalue weighted by molar-refractivity contribution is 7.98. The summed E-state index contributed by atoms with van der Waals surface area (Å²) in [5.41, 5.74) is 1.54. The first-order valence-electron chi connectivity index (χ1n) is 9.89. The van der Waals surface area contributed by atoms with Crippen molar-refractivity contribution in [2.24, 2.45) is 0 Å². The number of carboxylic acids is 1. The van der Waals surface area contributed by atoms with Crippen LogP contribution in [0.15, 0.2) is 57.7 Å². The number of fused-ring (bicyclic) bond motifs is 4. The zero-order valence-corrected chi connectivity index (χ0v) is 19.0. The molecule has 0 aliphatic heterocycles. The summed E-state index contributed by atoms with van der Waals surface area (Å²) in [6, 6.07) is 8.72. The van der Waals surface area contributed by atoms with E-state index < -0.39 is 5.97 Å². The van der Waals surface area contributed by atoms with Gasteiger partial charge < -0.3 is 10.1 Å². The maximum Gasteiger partial charge on any atom is 0.346 e. The largest absolute Gasteiger partial charge is 0.477 e. The Bertz CT molecular complexity index is 1710. The molecule has 33 heavy (non-hydrogen) atoms. The number of H-pyrrole nitrogens is 1. The van der Waals surface area contributed by atoms with Crippen molar-refractivity contribution in [1.82, 2.24) is 24.1 Å². The number of aromatic amines is 1. The fourth-order valence-electron chi connectivity index (χ4n) is 3.95. The average Bonchev–Trinajstić information content (AvgIpc) is 3.36. The van der Waals surface area contributed by atoms with Gasteiger partial charge in [-0.15, -0.1) is 28.1 Å². The first-order valence-corrected chi connectivity index (χ1v) is 11.7. The van der Waals surface area contributed by atoms with Gasteiger partial charge in [0.1, 0.15) is 9.71 Å². The van der Waals surface area contributed by atoms with Crippen LogP contribution in [0.5, 0.6) is 0 Å². The SMILES string of the molecule is C=CCn1c(=O)c2ccccc2n2c(SCc3cc(=O)[nH]c4sc(C(=O)O)c(C)c34)nnc12. The van der Waals surface area contributed by atoms with Gasteiger partial charge in [0, 0.05) is 23.8 Å². The number of carbonyl (C=O) groups is 1. The number of benzene rings is 1. The van der Waals surface area contributed by atoms with E-state index in [1.807, 2.05) is 16.5 Å². The van der Waals surface area contributed by atoms with Gasteiger partial charge in [-0.05, 0) is 30.2 Å². The van der Waals surface area contributed by atoms with E-state index in [-0.39, 0.29) is 22.5 Å². The number of nitrogens with one attached hydrogen (secondary N) is 1. The van der Waals surface area contributed by atoms with Gasteiger partial charge in [0.15, 0.2) is 5.16 Å². The minimum Gasteiger partial charge on any atom is -0.477 e. The van der Waals surface area contributed by atoms with Crippen LogP contribution >= 0.6 is 23.1 Å². The molecule has 2 N–H and O–H groups in total. The highest BCUT2D eigenvalue weighted by Crippen LogP contribution is 2.34. The molecule has 0 atom stereocenters. The molecular formula is C22H17N5O4S2. The molecule has 0 radical (unpaired) electrons. The summed E-state index contributed by atoms with van der Waals surface area (Å²) in [7, 11) is 0. The Morgan fingerprint density at radius 1 is 1.30 bits per heavy atom. The van der Waals surface area contributed by atoms with E-state index in [1.54, 1.807) is 25.1 Å². The summed E-state index contributed by atoms with van der Waals surface area (Å²) < 4.78 is 3.33. The van der Waals surface area contributed by atoms with Gasteiger partial charge in [0.05, 0.1) is 10.9 Å². The topological polar surface area (TPSA) is 122 Å². The number of carboxylic acid groups (broad SMARTS) is 1. The Hall–Kier alpha value is -3.70. The van der Waals surface area contributed by atoms with Gasteiger partial charge in [0.25, 0.3) is 5.56 Å². The minimum absolute atomic E-state index is 0.173. The Morgan fingerprint density at radius 3 is 2.85 bits per heavy atom. The number of para-hydroxylation sites is 1. The van der Waals surface area contributed by atoms with E-state index in [0.717, 1.165) is 16.7 Å². The molecule has 11 heteroatoms. The number of aromatic nitrogens is 5. The summed E-state index contributed by atoms with van der Waals surface area (Å²) in [6.07, 6.45) is 1.63. The number of aromatic carboxylic acids is 1. The molecule has 9 nitrogen and oxygen atoms in total. The molecule has 0 unspecified atom stereocenters. The number of thiophene rings is 1. The highest BCUT2D eigenvalue weighted by atomic mass is 32.2. The number of pyridine rings is 1. The minimum atomic E-state index is -1.02. The first-order chi connectivity index (χ1) is 15.9. The number of allylic oxidation sites excluding steroid dienone is 1. The number of thioether (sulfide) groups is 1. The summed E-state index contributed by atoms with van der Waals surface area (Å²) in [6.45, 7) is 5.76. The van der Waals surface area contributed by atoms with Crippen LogP contribution in [-0.4, -0.2) is 35.2 Å². The van der Waals surface area contributed by atoms with Gasteiger partial charge in [0.2, 0.25) is 11.3 Å². The maximum atomic E-state index is 12.9. The average molecular weight is 480 g/mol. The third-order valence-corrected chi connectivity index (χ3v) is 7.52. The van der Waals surface area contributed by atoms with E-state index in [2.05, 4.69) is 21.8 Å².